The Balaban J connectivity index is 1.41. The largest absolute Gasteiger partial charge is 0.492 e. The Bertz CT molecular complexity index is 722. The van der Waals surface area contributed by atoms with Crippen molar-refractivity contribution >= 4 is 17.7 Å². The molecule has 0 fully saturated rings. The van der Waals surface area contributed by atoms with Crippen LogP contribution in [0.4, 0.5) is 13.2 Å². The molecule has 1 aliphatic heterocycles. The molecule has 0 aliphatic carbocycles. The van der Waals surface area contributed by atoms with Crippen LogP contribution in [-0.2, 0) is 17.4 Å². The summed E-state index contributed by atoms with van der Waals surface area (Å²) in [5, 5.41) is 2.65. The van der Waals surface area contributed by atoms with Gasteiger partial charge < -0.3 is 10.1 Å². The molecule has 1 aliphatic rings. The first-order valence-electron chi connectivity index (χ1n) is 7.76. The van der Waals surface area contributed by atoms with Gasteiger partial charge in [-0.15, -0.1) is 11.8 Å². The standard InChI is InChI=1S/C18H16F3NO2S/c19-18(20,21)13-5-7-14(8-6-13)24-10-9-22-17(23)16-11-12-3-1-2-4-15(12)25-16/h1-8,16H,9-11H2,(H,22,23). The second-order valence-electron chi connectivity index (χ2n) is 5.58. The number of rotatable bonds is 5. The van der Waals surface area contributed by atoms with E-state index in [1.54, 1.807) is 11.8 Å². The van der Waals surface area contributed by atoms with E-state index in [2.05, 4.69) is 5.32 Å². The van der Waals surface area contributed by atoms with E-state index >= 15 is 0 Å². The number of benzene rings is 2. The van der Waals surface area contributed by atoms with Gasteiger partial charge in [-0.2, -0.15) is 13.2 Å². The fourth-order valence-corrected chi connectivity index (χ4v) is 3.75. The molecule has 132 valence electrons. The van der Waals surface area contributed by atoms with Crippen LogP contribution in [0.5, 0.6) is 5.75 Å². The maximum absolute atomic E-state index is 12.5. The summed E-state index contributed by atoms with van der Waals surface area (Å²) in [6, 6.07) is 12.4. The van der Waals surface area contributed by atoms with Crippen molar-refractivity contribution in [2.45, 2.75) is 22.7 Å². The third-order valence-electron chi connectivity index (χ3n) is 3.79. The minimum atomic E-state index is -4.36. The molecule has 0 spiro atoms. The van der Waals surface area contributed by atoms with Gasteiger partial charge in [0.25, 0.3) is 0 Å². The Labute approximate surface area is 147 Å². The van der Waals surface area contributed by atoms with Crippen molar-refractivity contribution in [1.82, 2.24) is 5.32 Å². The van der Waals surface area contributed by atoms with Crippen molar-refractivity contribution in [1.29, 1.82) is 0 Å². The van der Waals surface area contributed by atoms with Crippen LogP contribution in [0.1, 0.15) is 11.1 Å². The van der Waals surface area contributed by atoms with Gasteiger partial charge in [0.15, 0.2) is 0 Å². The Kier molecular flexibility index (Phi) is 5.22. The summed E-state index contributed by atoms with van der Waals surface area (Å²) < 4.78 is 42.8. The highest BCUT2D eigenvalue weighted by Gasteiger charge is 2.30. The van der Waals surface area contributed by atoms with Crippen LogP contribution >= 0.6 is 11.8 Å². The average molecular weight is 367 g/mol. The average Bonchev–Trinajstić information content (AvgIpc) is 3.02. The van der Waals surface area contributed by atoms with E-state index in [1.807, 2.05) is 24.3 Å². The van der Waals surface area contributed by atoms with Crippen LogP contribution in [0.2, 0.25) is 0 Å². The highest BCUT2D eigenvalue weighted by atomic mass is 32.2. The van der Waals surface area contributed by atoms with Gasteiger partial charge in [-0.3, -0.25) is 4.79 Å². The second-order valence-corrected chi connectivity index (χ2v) is 6.82. The summed E-state index contributed by atoms with van der Waals surface area (Å²) in [5.74, 6) is 0.280. The van der Waals surface area contributed by atoms with E-state index < -0.39 is 11.7 Å². The number of ether oxygens (including phenoxy) is 1. The number of halogens is 3. The smallest absolute Gasteiger partial charge is 0.416 e. The summed E-state index contributed by atoms with van der Waals surface area (Å²) in [6.07, 6.45) is -3.66. The molecule has 0 aromatic heterocycles. The molecule has 0 saturated heterocycles. The third kappa shape index (κ3) is 4.48. The van der Waals surface area contributed by atoms with Gasteiger partial charge in [0.2, 0.25) is 5.91 Å². The monoisotopic (exact) mass is 367 g/mol. The van der Waals surface area contributed by atoms with Gasteiger partial charge in [-0.25, -0.2) is 0 Å². The molecule has 0 radical (unpaired) electrons. The van der Waals surface area contributed by atoms with E-state index in [4.69, 9.17) is 4.74 Å². The Hall–Kier alpha value is -2.15. The van der Waals surface area contributed by atoms with Crippen LogP contribution in [0, 0.1) is 0 Å². The fraction of sp³-hybridized carbons (Fsp3) is 0.278. The lowest BCUT2D eigenvalue weighted by Crippen LogP contribution is -2.35. The molecule has 1 amide bonds. The molecule has 1 atom stereocenters. The predicted octanol–water partition coefficient (Wildman–Crippen LogP) is 3.92. The molecular weight excluding hydrogens is 351 g/mol. The lowest BCUT2D eigenvalue weighted by atomic mass is 10.1. The molecular formula is C18H16F3NO2S. The normalized spacial score (nSPS) is 16.4. The fourth-order valence-electron chi connectivity index (χ4n) is 2.53. The van der Waals surface area contributed by atoms with Crippen molar-refractivity contribution in [2.75, 3.05) is 13.2 Å². The van der Waals surface area contributed by atoms with Crippen LogP contribution in [0.3, 0.4) is 0 Å². The first-order chi connectivity index (χ1) is 11.9. The van der Waals surface area contributed by atoms with Crippen molar-refractivity contribution < 1.29 is 22.7 Å². The third-order valence-corrected chi connectivity index (χ3v) is 5.11. The maximum atomic E-state index is 12.5. The van der Waals surface area contributed by atoms with Gasteiger partial charge >= 0.3 is 6.18 Å². The molecule has 1 heterocycles. The second kappa shape index (κ2) is 7.39. The van der Waals surface area contributed by atoms with Crippen molar-refractivity contribution in [3.05, 3.63) is 59.7 Å². The summed E-state index contributed by atoms with van der Waals surface area (Å²) in [6.45, 7) is 0.495. The van der Waals surface area contributed by atoms with Crippen molar-refractivity contribution in [2.24, 2.45) is 0 Å². The molecule has 1 N–H and O–H groups in total. The van der Waals surface area contributed by atoms with E-state index in [1.165, 1.54) is 17.7 Å². The summed E-state index contributed by atoms with van der Waals surface area (Å²) >= 11 is 1.54. The van der Waals surface area contributed by atoms with Crippen LogP contribution in [-0.4, -0.2) is 24.3 Å². The molecule has 0 bridgehead atoms. The van der Waals surface area contributed by atoms with E-state index in [0.717, 1.165) is 17.0 Å². The summed E-state index contributed by atoms with van der Waals surface area (Å²) in [4.78, 5) is 13.3. The number of hydrogen-bond donors (Lipinski definition) is 1. The van der Waals surface area contributed by atoms with Crippen LogP contribution < -0.4 is 10.1 Å². The molecule has 1 unspecified atom stereocenters. The first-order valence-corrected chi connectivity index (χ1v) is 8.64. The molecule has 2 aromatic carbocycles. The number of alkyl halides is 3. The quantitative estimate of drug-likeness (QED) is 0.814. The zero-order chi connectivity index (χ0) is 17.9. The van der Waals surface area contributed by atoms with E-state index in [-0.39, 0.29) is 17.8 Å². The lowest BCUT2D eigenvalue weighted by molar-refractivity contribution is -0.137. The molecule has 7 heteroatoms. The number of thioether (sulfide) groups is 1. The lowest BCUT2D eigenvalue weighted by Gasteiger charge is -2.11. The van der Waals surface area contributed by atoms with E-state index in [0.29, 0.717) is 18.7 Å². The van der Waals surface area contributed by atoms with Gasteiger partial charge in [0.1, 0.15) is 12.4 Å². The number of fused-ring (bicyclic) bond motifs is 1. The molecule has 0 saturated carbocycles. The topological polar surface area (TPSA) is 38.3 Å². The Morgan fingerprint density at radius 2 is 1.88 bits per heavy atom. The summed E-state index contributed by atoms with van der Waals surface area (Å²) in [7, 11) is 0. The number of nitrogens with one attached hydrogen (secondary N) is 1. The van der Waals surface area contributed by atoms with Crippen molar-refractivity contribution in [3.63, 3.8) is 0 Å². The first kappa shape index (κ1) is 17.7. The number of carbonyl (C=O) groups is 1. The highest BCUT2D eigenvalue weighted by Crippen LogP contribution is 2.36. The van der Waals surface area contributed by atoms with Crippen LogP contribution in [0.15, 0.2) is 53.4 Å². The summed E-state index contributed by atoms with van der Waals surface area (Å²) in [5.41, 5.74) is 0.458. The molecule has 2 aromatic rings. The van der Waals surface area contributed by atoms with Crippen LogP contribution in [0.25, 0.3) is 0 Å². The molecule has 25 heavy (non-hydrogen) atoms. The van der Waals surface area contributed by atoms with Gasteiger partial charge in [-0.1, -0.05) is 18.2 Å². The molecule has 3 nitrogen and oxygen atoms in total. The highest BCUT2D eigenvalue weighted by molar-refractivity contribution is 8.01. The van der Waals surface area contributed by atoms with E-state index in [9.17, 15) is 18.0 Å². The maximum Gasteiger partial charge on any atom is 0.416 e. The Morgan fingerprint density at radius 3 is 2.56 bits per heavy atom. The van der Waals surface area contributed by atoms with Crippen molar-refractivity contribution in [3.8, 4) is 5.75 Å². The zero-order valence-corrected chi connectivity index (χ0v) is 14.0. The van der Waals surface area contributed by atoms with Gasteiger partial charge in [0, 0.05) is 4.90 Å². The van der Waals surface area contributed by atoms with Gasteiger partial charge in [-0.05, 0) is 42.3 Å². The Morgan fingerprint density at radius 1 is 1.16 bits per heavy atom. The number of hydrogen-bond acceptors (Lipinski definition) is 3. The predicted molar refractivity (Wildman–Crippen MR) is 89.7 cm³/mol. The minimum Gasteiger partial charge on any atom is -0.492 e. The minimum absolute atomic E-state index is 0.0581. The zero-order valence-electron chi connectivity index (χ0n) is 13.2. The SMILES string of the molecule is O=C(NCCOc1ccc(C(F)(F)F)cc1)C1Cc2ccccc2S1. The molecule has 3 rings (SSSR count). The van der Waals surface area contributed by atoms with Gasteiger partial charge in [0.05, 0.1) is 17.4 Å². The number of amides is 1. The number of carbonyl (C=O) groups excluding carboxylic acids is 1.